The molecule has 17 heavy (non-hydrogen) atoms. The molecule has 0 saturated carbocycles. The highest BCUT2D eigenvalue weighted by atomic mass is 35.5. The van der Waals surface area contributed by atoms with E-state index in [-0.39, 0.29) is 12.4 Å². The van der Waals surface area contributed by atoms with Crippen molar-refractivity contribution >= 4 is 18.5 Å². The van der Waals surface area contributed by atoms with Crippen LogP contribution in [0.15, 0.2) is 36.0 Å². The largest absolute Gasteiger partial charge is 0.370 e. The molecule has 1 rings (SSSR count). The quantitative estimate of drug-likeness (QED) is 0.759. The zero-order valence-corrected chi connectivity index (χ0v) is 12.3. The summed E-state index contributed by atoms with van der Waals surface area (Å²) >= 11 is 0. The van der Waals surface area contributed by atoms with Gasteiger partial charge in [-0.05, 0) is 46.3 Å². The van der Waals surface area contributed by atoms with E-state index in [2.05, 4.69) is 75.9 Å². The van der Waals surface area contributed by atoms with Crippen molar-refractivity contribution < 1.29 is 0 Å². The van der Waals surface area contributed by atoms with Gasteiger partial charge < -0.3 is 4.90 Å². The third kappa shape index (κ3) is 4.82. The first kappa shape index (κ1) is 16.1. The zero-order valence-electron chi connectivity index (χ0n) is 11.5. The third-order valence-electron chi connectivity index (χ3n) is 2.70. The Balaban J connectivity index is 0.00000256. The van der Waals surface area contributed by atoms with Crippen LogP contribution < -0.4 is 0 Å². The maximum atomic E-state index is 2.44. The average Bonchev–Trinajstić information content (AvgIpc) is 2.17. The molecule has 0 aromatic heterocycles. The zero-order chi connectivity index (χ0) is 12.1. The Labute approximate surface area is 112 Å². The van der Waals surface area contributed by atoms with Crippen LogP contribution in [0, 0.1) is 0 Å². The first-order valence-electron chi connectivity index (χ1n) is 6.04. The molecule has 0 saturated heterocycles. The van der Waals surface area contributed by atoms with Gasteiger partial charge >= 0.3 is 0 Å². The number of hydrogen-bond acceptors (Lipinski definition) is 1. The van der Waals surface area contributed by atoms with Gasteiger partial charge in [-0.25, -0.2) is 0 Å². The van der Waals surface area contributed by atoms with Crippen molar-refractivity contribution in [1.29, 1.82) is 0 Å². The Hall–Kier alpha value is -0.950. The predicted octanol–water partition coefficient (Wildman–Crippen LogP) is 4.59. The maximum absolute atomic E-state index is 2.44. The maximum Gasteiger partial charge on any atom is 0.0233 e. The lowest BCUT2D eigenvalue weighted by Crippen LogP contribution is -2.35. The highest BCUT2D eigenvalue weighted by Crippen LogP contribution is 2.16. The Morgan fingerprint density at radius 2 is 1.47 bits per heavy atom. The molecule has 1 nitrogen and oxygen atoms in total. The topological polar surface area (TPSA) is 3.24 Å². The molecule has 0 unspecified atom stereocenters. The minimum absolute atomic E-state index is 0. The fourth-order valence-corrected chi connectivity index (χ4v) is 2.28. The lowest BCUT2D eigenvalue weighted by molar-refractivity contribution is 0.234. The summed E-state index contributed by atoms with van der Waals surface area (Å²) in [5.74, 6) is 0. The molecule has 0 spiro atoms. The van der Waals surface area contributed by atoms with Gasteiger partial charge in [0.2, 0.25) is 0 Å². The SMILES string of the molecule is CC(=Cc1ccccc1)N(C(C)C)C(C)C.Cl. The van der Waals surface area contributed by atoms with Crippen LogP contribution >= 0.6 is 12.4 Å². The summed E-state index contributed by atoms with van der Waals surface area (Å²) in [5, 5.41) is 0. The molecular formula is C15H24ClN. The molecule has 0 fully saturated rings. The minimum Gasteiger partial charge on any atom is -0.370 e. The molecule has 0 atom stereocenters. The molecule has 0 radical (unpaired) electrons. The van der Waals surface area contributed by atoms with Gasteiger partial charge in [-0.3, -0.25) is 0 Å². The van der Waals surface area contributed by atoms with Crippen LogP contribution in [-0.4, -0.2) is 17.0 Å². The second kappa shape index (κ2) is 7.39. The Morgan fingerprint density at radius 3 is 1.88 bits per heavy atom. The van der Waals surface area contributed by atoms with Gasteiger partial charge in [0.1, 0.15) is 0 Å². The van der Waals surface area contributed by atoms with Crippen molar-refractivity contribution in [3.63, 3.8) is 0 Å². The van der Waals surface area contributed by atoms with Crippen molar-refractivity contribution in [2.45, 2.75) is 46.7 Å². The molecule has 1 aromatic carbocycles. The van der Waals surface area contributed by atoms with E-state index in [4.69, 9.17) is 0 Å². The highest BCUT2D eigenvalue weighted by Gasteiger charge is 2.12. The van der Waals surface area contributed by atoms with Gasteiger partial charge in [0.25, 0.3) is 0 Å². The Morgan fingerprint density at radius 1 is 1.00 bits per heavy atom. The molecular weight excluding hydrogens is 230 g/mol. The number of hydrogen-bond donors (Lipinski definition) is 0. The van der Waals surface area contributed by atoms with E-state index < -0.39 is 0 Å². The lowest BCUT2D eigenvalue weighted by Gasteiger charge is -2.33. The second-order valence-electron chi connectivity index (χ2n) is 4.79. The van der Waals surface area contributed by atoms with Crippen molar-refractivity contribution in [2.75, 3.05) is 0 Å². The Bertz CT molecular complexity index is 333. The van der Waals surface area contributed by atoms with E-state index in [0.717, 1.165) is 0 Å². The van der Waals surface area contributed by atoms with Crippen LogP contribution in [0.1, 0.15) is 40.2 Å². The number of benzene rings is 1. The van der Waals surface area contributed by atoms with Crippen LogP contribution in [-0.2, 0) is 0 Å². The Kier molecular flexibility index (Phi) is 6.98. The van der Waals surface area contributed by atoms with Gasteiger partial charge in [-0.2, -0.15) is 0 Å². The summed E-state index contributed by atoms with van der Waals surface area (Å²) in [6.45, 7) is 11.1. The standard InChI is InChI=1S/C15H23N.ClH/c1-12(2)16(13(3)4)14(5)11-15-9-7-6-8-10-15;/h6-13H,1-5H3;1H. The fourth-order valence-electron chi connectivity index (χ4n) is 2.28. The monoisotopic (exact) mass is 253 g/mol. The summed E-state index contributed by atoms with van der Waals surface area (Å²) in [4.78, 5) is 2.44. The summed E-state index contributed by atoms with van der Waals surface area (Å²) in [7, 11) is 0. The number of allylic oxidation sites excluding steroid dienone is 1. The van der Waals surface area contributed by atoms with E-state index in [1.807, 2.05) is 0 Å². The first-order valence-corrected chi connectivity index (χ1v) is 6.04. The van der Waals surface area contributed by atoms with Gasteiger partial charge in [0, 0.05) is 17.8 Å². The van der Waals surface area contributed by atoms with E-state index >= 15 is 0 Å². The van der Waals surface area contributed by atoms with Crippen LogP contribution in [0.3, 0.4) is 0 Å². The van der Waals surface area contributed by atoms with Gasteiger partial charge in [0.15, 0.2) is 0 Å². The van der Waals surface area contributed by atoms with Crippen molar-refractivity contribution in [1.82, 2.24) is 4.90 Å². The van der Waals surface area contributed by atoms with Crippen LogP contribution in [0.5, 0.6) is 0 Å². The van der Waals surface area contributed by atoms with Crippen LogP contribution in [0.2, 0.25) is 0 Å². The third-order valence-corrected chi connectivity index (χ3v) is 2.70. The van der Waals surface area contributed by atoms with E-state index in [1.165, 1.54) is 11.3 Å². The average molecular weight is 254 g/mol. The molecule has 0 aliphatic rings. The fraction of sp³-hybridized carbons (Fsp3) is 0.467. The van der Waals surface area contributed by atoms with Gasteiger partial charge in [-0.15, -0.1) is 12.4 Å². The normalized spacial score (nSPS) is 11.6. The summed E-state index contributed by atoms with van der Waals surface area (Å²) < 4.78 is 0. The molecule has 1 aromatic rings. The second-order valence-corrected chi connectivity index (χ2v) is 4.79. The molecule has 2 heteroatoms. The number of nitrogens with zero attached hydrogens (tertiary/aromatic N) is 1. The molecule has 0 bridgehead atoms. The van der Waals surface area contributed by atoms with E-state index in [9.17, 15) is 0 Å². The van der Waals surface area contributed by atoms with E-state index in [0.29, 0.717) is 12.1 Å². The summed E-state index contributed by atoms with van der Waals surface area (Å²) in [5.41, 5.74) is 2.60. The molecule has 0 N–H and O–H groups in total. The van der Waals surface area contributed by atoms with Gasteiger partial charge in [0.05, 0.1) is 0 Å². The summed E-state index contributed by atoms with van der Waals surface area (Å²) in [6, 6.07) is 11.6. The van der Waals surface area contributed by atoms with Gasteiger partial charge in [-0.1, -0.05) is 30.3 Å². The van der Waals surface area contributed by atoms with Crippen LogP contribution in [0.4, 0.5) is 0 Å². The molecule has 0 heterocycles. The minimum atomic E-state index is 0. The molecule has 96 valence electrons. The number of rotatable bonds is 4. The smallest absolute Gasteiger partial charge is 0.0233 e. The molecule has 0 amide bonds. The van der Waals surface area contributed by atoms with Crippen molar-refractivity contribution in [3.8, 4) is 0 Å². The van der Waals surface area contributed by atoms with Crippen molar-refractivity contribution in [2.24, 2.45) is 0 Å². The van der Waals surface area contributed by atoms with Crippen molar-refractivity contribution in [3.05, 3.63) is 41.6 Å². The summed E-state index contributed by atoms with van der Waals surface area (Å²) in [6.07, 6.45) is 2.25. The molecule has 0 aliphatic heterocycles. The van der Waals surface area contributed by atoms with E-state index in [1.54, 1.807) is 0 Å². The van der Waals surface area contributed by atoms with Crippen LogP contribution in [0.25, 0.3) is 6.08 Å². The molecule has 0 aliphatic carbocycles. The lowest BCUT2D eigenvalue weighted by atomic mass is 10.1. The highest BCUT2D eigenvalue weighted by molar-refractivity contribution is 5.85. The predicted molar refractivity (Wildman–Crippen MR) is 79.5 cm³/mol. The first-order chi connectivity index (χ1) is 7.52. The number of halogens is 1.